The van der Waals surface area contributed by atoms with Crippen molar-refractivity contribution < 1.29 is 14.6 Å². The summed E-state index contributed by atoms with van der Waals surface area (Å²) in [5.74, 6) is 0.00629. The number of H-pyrrole nitrogens is 1. The maximum absolute atomic E-state index is 10.7. The van der Waals surface area contributed by atoms with E-state index < -0.39 is 5.97 Å². The Bertz CT molecular complexity index is 545. The number of rotatable bonds is 4. The van der Waals surface area contributed by atoms with E-state index >= 15 is 0 Å². The number of carboxylic acids is 1. The fourth-order valence-electron chi connectivity index (χ4n) is 2.03. The van der Waals surface area contributed by atoms with E-state index in [1.54, 1.807) is 7.11 Å². The first-order chi connectivity index (χ1) is 8.11. The van der Waals surface area contributed by atoms with Crippen LogP contribution in [0.3, 0.4) is 0 Å². The Morgan fingerprint density at radius 1 is 1.53 bits per heavy atom. The van der Waals surface area contributed by atoms with Crippen molar-refractivity contribution in [2.24, 2.45) is 0 Å². The van der Waals surface area contributed by atoms with Gasteiger partial charge in [0.25, 0.3) is 0 Å². The maximum Gasteiger partial charge on any atom is 0.303 e. The first-order valence-electron chi connectivity index (χ1n) is 5.48. The van der Waals surface area contributed by atoms with E-state index in [4.69, 9.17) is 9.84 Å². The van der Waals surface area contributed by atoms with Gasteiger partial charge >= 0.3 is 5.97 Å². The molecule has 0 saturated carbocycles. The molecule has 1 atom stereocenters. The number of aromatic nitrogens is 1. The number of ether oxygens (including phenoxy) is 1. The summed E-state index contributed by atoms with van der Waals surface area (Å²) in [5.41, 5.74) is 2.00. The molecule has 2 aromatic rings. The van der Waals surface area contributed by atoms with Gasteiger partial charge in [0.2, 0.25) is 0 Å². The van der Waals surface area contributed by atoms with E-state index in [1.165, 1.54) is 0 Å². The first kappa shape index (κ1) is 11.5. The molecule has 0 aliphatic heterocycles. The normalized spacial score (nSPS) is 12.6. The molecule has 17 heavy (non-hydrogen) atoms. The Morgan fingerprint density at radius 2 is 2.29 bits per heavy atom. The summed E-state index contributed by atoms with van der Waals surface area (Å²) in [6.07, 6.45) is 2.01. The predicted octanol–water partition coefficient (Wildman–Crippen LogP) is 2.75. The van der Waals surface area contributed by atoms with Gasteiger partial charge in [0.1, 0.15) is 5.75 Å². The lowest BCUT2D eigenvalue weighted by Crippen LogP contribution is -2.02. The average Bonchev–Trinajstić information content (AvgIpc) is 2.70. The van der Waals surface area contributed by atoms with Gasteiger partial charge in [-0.15, -0.1) is 0 Å². The molecular weight excluding hydrogens is 218 g/mol. The number of carboxylic acid groups (broad SMARTS) is 1. The SMILES string of the molecule is COc1ccc2c(C(C)CC(=O)O)c[nH]c2c1. The summed E-state index contributed by atoms with van der Waals surface area (Å²) in [6, 6.07) is 5.75. The number of hydrogen-bond donors (Lipinski definition) is 2. The zero-order valence-electron chi connectivity index (χ0n) is 9.86. The molecule has 2 N–H and O–H groups in total. The van der Waals surface area contributed by atoms with Gasteiger partial charge in [-0.05, 0) is 23.6 Å². The minimum absolute atomic E-state index is 0.00496. The number of carbonyl (C=O) groups is 1. The van der Waals surface area contributed by atoms with E-state index in [0.717, 1.165) is 22.2 Å². The highest BCUT2D eigenvalue weighted by atomic mass is 16.5. The van der Waals surface area contributed by atoms with Crippen LogP contribution in [-0.4, -0.2) is 23.2 Å². The highest BCUT2D eigenvalue weighted by molar-refractivity contribution is 5.85. The Kier molecular flexibility index (Phi) is 3.04. The van der Waals surface area contributed by atoms with Crippen molar-refractivity contribution in [3.63, 3.8) is 0 Å². The quantitative estimate of drug-likeness (QED) is 0.853. The molecule has 0 saturated heterocycles. The molecule has 0 fully saturated rings. The van der Waals surface area contributed by atoms with E-state index in [0.29, 0.717) is 0 Å². The van der Waals surface area contributed by atoms with Gasteiger partial charge < -0.3 is 14.8 Å². The third-order valence-corrected chi connectivity index (χ3v) is 2.93. The molecule has 0 radical (unpaired) electrons. The van der Waals surface area contributed by atoms with E-state index in [2.05, 4.69) is 4.98 Å². The molecule has 1 heterocycles. The average molecular weight is 233 g/mol. The van der Waals surface area contributed by atoms with Gasteiger partial charge in [-0.25, -0.2) is 0 Å². The molecule has 0 aliphatic rings. The van der Waals surface area contributed by atoms with E-state index in [9.17, 15) is 4.79 Å². The molecular formula is C13H15NO3. The fourth-order valence-corrected chi connectivity index (χ4v) is 2.03. The van der Waals surface area contributed by atoms with E-state index in [-0.39, 0.29) is 12.3 Å². The van der Waals surface area contributed by atoms with Crippen LogP contribution in [0.25, 0.3) is 10.9 Å². The zero-order chi connectivity index (χ0) is 12.4. The Morgan fingerprint density at radius 3 is 2.94 bits per heavy atom. The van der Waals surface area contributed by atoms with Gasteiger partial charge in [-0.2, -0.15) is 0 Å². The highest BCUT2D eigenvalue weighted by Crippen LogP contribution is 2.29. The molecule has 0 amide bonds. The number of fused-ring (bicyclic) bond motifs is 1. The zero-order valence-corrected chi connectivity index (χ0v) is 9.86. The van der Waals surface area contributed by atoms with Crippen LogP contribution in [-0.2, 0) is 4.79 Å². The highest BCUT2D eigenvalue weighted by Gasteiger charge is 2.14. The largest absolute Gasteiger partial charge is 0.497 e. The number of nitrogens with one attached hydrogen (secondary N) is 1. The molecule has 0 bridgehead atoms. The number of aromatic amines is 1. The van der Waals surface area contributed by atoms with Crippen LogP contribution in [0.2, 0.25) is 0 Å². The van der Waals surface area contributed by atoms with Crippen molar-refractivity contribution in [2.45, 2.75) is 19.3 Å². The van der Waals surface area contributed by atoms with Crippen LogP contribution in [0.4, 0.5) is 0 Å². The number of methoxy groups -OCH3 is 1. The van der Waals surface area contributed by atoms with Crippen molar-refractivity contribution in [1.29, 1.82) is 0 Å². The van der Waals surface area contributed by atoms with Crippen LogP contribution in [0.5, 0.6) is 5.75 Å². The lowest BCUT2D eigenvalue weighted by molar-refractivity contribution is -0.137. The van der Waals surface area contributed by atoms with Gasteiger partial charge in [0.15, 0.2) is 0 Å². The summed E-state index contributed by atoms with van der Waals surface area (Å²) in [5, 5.41) is 9.86. The van der Waals surface area contributed by atoms with Crippen LogP contribution < -0.4 is 4.74 Å². The minimum Gasteiger partial charge on any atom is -0.497 e. The fraction of sp³-hybridized carbons (Fsp3) is 0.308. The van der Waals surface area contributed by atoms with E-state index in [1.807, 2.05) is 31.3 Å². The second-order valence-electron chi connectivity index (χ2n) is 4.15. The van der Waals surface area contributed by atoms with Crippen LogP contribution in [0.1, 0.15) is 24.8 Å². The summed E-state index contributed by atoms with van der Waals surface area (Å²) < 4.78 is 5.14. The Labute approximate surface area is 99.2 Å². The number of hydrogen-bond acceptors (Lipinski definition) is 2. The molecule has 2 rings (SSSR count). The Balaban J connectivity index is 2.39. The van der Waals surface area contributed by atoms with Gasteiger partial charge in [-0.3, -0.25) is 4.79 Å². The first-order valence-corrected chi connectivity index (χ1v) is 5.48. The molecule has 1 unspecified atom stereocenters. The summed E-state index contributed by atoms with van der Waals surface area (Å²) in [6.45, 7) is 1.92. The third-order valence-electron chi connectivity index (χ3n) is 2.93. The van der Waals surface area contributed by atoms with Crippen molar-refractivity contribution in [3.8, 4) is 5.75 Å². The summed E-state index contributed by atoms with van der Waals surface area (Å²) >= 11 is 0. The third kappa shape index (κ3) is 2.25. The van der Waals surface area contributed by atoms with Crippen molar-refractivity contribution in [2.75, 3.05) is 7.11 Å². The second-order valence-corrected chi connectivity index (χ2v) is 4.15. The lowest BCUT2D eigenvalue weighted by atomic mass is 9.97. The van der Waals surface area contributed by atoms with Crippen molar-refractivity contribution >= 4 is 16.9 Å². The van der Waals surface area contributed by atoms with Gasteiger partial charge in [0, 0.05) is 23.2 Å². The van der Waals surface area contributed by atoms with Crippen LogP contribution in [0, 0.1) is 0 Å². The molecule has 0 aliphatic carbocycles. The van der Waals surface area contributed by atoms with Gasteiger partial charge in [-0.1, -0.05) is 6.92 Å². The van der Waals surface area contributed by atoms with Crippen LogP contribution >= 0.6 is 0 Å². The smallest absolute Gasteiger partial charge is 0.303 e. The van der Waals surface area contributed by atoms with Crippen molar-refractivity contribution in [3.05, 3.63) is 30.0 Å². The monoisotopic (exact) mass is 233 g/mol. The minimum atomic E-state index is -0.777. The predicted molar refractivity (Wildman–Crippen MR) is 65.5 cm³/mol. The topological polar surface area (TPSA) is 62.3 Å². The maximum atomic E-state index is 10.7. The number of benzene rings is 1. The van der Waals surface area contributed by atoms with Crippen LogP contribution in [0.15, 0.2) is 24.4 Å². The molecule has 0 spiro atoms. The summed E-state index contributed by atoms with van der Waals surface area (Å²) in [4.78, 5) is 13.9. The Hall–Kier alpha value is -1.97. The molecule has 1 aromatic heterocycles. The molecule has 1 aromatic carbocycles. The molecule has 4 nitrogen and oxygen atoms in total. The number of aliphatic carboxylic acids is 1. The standard InChI is InChI=1S/C13H15NO3/c1-8(5-13(15)16)11-7-14-12-6-9(17-2)3-4-10(11)12/h3-4,6-8,14H,5H2,1-2H3,(H,15,16). The van der Waals surface area contributed by atoms with Gasteiger partial charge in [0.05, 0.1) is 13.5 Å². The second kappa shape index (κ2) is 4.49. The molecule has 4 heteroatoms. The summed E-state index contributed by atoms with van der Waals surface area (Å²) in [7, 11) is 1.62. The lowest BCUT2D eigenvalue weighted by Gasteiger charge is -2.07. The van der Waals surface area contributed by atoms with Crippen molar-refractivity contribution in [1.82, 2.24) is 4.98 Å². The molecule has 90 valence electrons.